The van der Waals surface area contributed by atoms with E-state index in [2.05, 4.69) is 10.9 Å². The lowest BCUT2D eigenvalue weighted by Crippen LogP contribution is -1.79. The normalized spacial score (nSPS) is 8.64. The fourth-order valence-electron chi connectivity index (χ4n) is 0.728. The van der Waals surface area contributed by atoms with Crippen molar-refractivity contribution < 1.29 is 0 Å². The van der Waals surface area contributed by atoms with E-state index >= 15 is 0 Å². The summed E-state index contributed by atoms with van der Waals surface area (Å²) in [6, 6.07) is 2.03. The summed E-state index contributed by atoms with van der Waals surface area (Å²) in [5.41, 5.74) is 0.667. The molecule has 0 aromatic carbocycles. The molecule has 0 aliphatic heterocycles. The van der Waals surface area contributed by atoms with Crippen LogP contribution in [0.5, 0.6) is 0 Å². The predicted molar refractivity (Wildman–Crippen MR) is 44.1 cm³/mol. The molecule has 0 atom stereocenters. The van der Waals surface area contributed by atoms with Gasteiger partial charge in [-0.25, -0.2) is 4.98 Å². The Balaban J connectivity index is 3.00. The van der Waals surface area contributed by atoms with Gasteiger partial charge in [-0.1, -0.05) is 0 Å². The van der Waals surface area contributed by atoms with Crippen LogP contribution < -0.4 is 0 Å². The minimum absolute atomic E-state index is 0.354. The van der Waals surface area contributed by atoms with Gasteiger partial charge in [0.15, 0.2) is 0 Å². The second-order valence-electron chi connectivity index (χ2n) is 1.99. The summed E-state index contributed by atoms with van der Waals surface area (Å²) in [4.78, 5) is 5.09. The second kappa shape index (κ2) is 3.18. The molecule has 11 heavy (non-hydrogen) atoms. The summed E-state index contributed by atoms with van der Waals surface area (Å²) in [5, 5.41) is 9.16. The van der Waals surface area contributed by atoms with Crippen LogP contribution in [0.2, 0.25) is 0 Å². The van der Waals surface area contributed by atoms with E-state index in [0.29, 0.717) is 12.1 Å². The highest BCUT2D eigenvalue weighted by Crippen LogP contribution is 2.16. The number of terminal acetylenes is 1. The third-order valence-corrected chi connectivity index (χ3v) is 2.18. The molecule has 0 aliphatic carbocycles. The topological polar surface area (TPSA) is 36.7 Å². The minimum atomic E-state index is 0.354. The van der Waals surface area contributed by atoms with Crippen LogP contribution in [-0.4, -0.2) is 4.98 Å². The lowest BCUT2D eigenvalue weighted by Gasteiger charge is -1.78. The van der Waals surface area contributed by atoms with E-state index in [1.165, 1.54) is 11.3 Å². The molecule has 0 amide bonds. The van der Waals surface area contributed by atoms with E-state index in [1.807, 2.05) is 13.0 Å². The summed E-state index contributed by atoms with van der Waals surface area (Å²) in [7, 11) is 0. The quantitative estimate of drug-likeness (QED) is 0.587. The van der Waals surface area contributed by atoms with Crippen molar-refractivity contribution >= 4 is 11.3 Å². The number of thiazole rings is 1. The number of hydrogen-bond donors (Lipinski definition) is 0. The number of hydrogen-bond acceptors (Lipinski definition) is 3. The maximum atomic E-state index is 8.36. The Morgan fingerprint density at radius 1 is 1.73 bits per heavy atom. The van der Waals surface area contributed by atoms with E-state index in [9.17, 15) is 0 Å². The summed E-state index contributed by atoms with van der Waals surface area (Å²) < 4.78 is 0. The number of aryl methyl sites for hydroxylation is 1. The van der Waals surface area contributed by atoms with Gasteiger partial charge in [-0.15, -0.1) is 17.8 Å². The van der Waals surface area contributed by atoms with Gasteiger partial charge in [-0.3, -0.25) is 0 Å². The Hall–Kier alpha value is -1.32. The van der Waals surface area contributed by atoms with E-state index in [1.54, 1.807) is 0 Å². The highest BCUT2D eigenvalue weighted by molar-refractivity contribution is 7.11. The first-order chi connectivity index (χ1) is 5.27. The van der Waals surface area contributed by atoms with Crippen LogP contribution in [0.15, 0.2) is 0 Å². The maximum absolute atomic E-state index is 8.36. The molecular formula is C8H6N2S. The van der Waals surface area contributed by atoms with Crippen molar-refractivity contribution in [3.05, 3.63) is 15.6 Å². The van der Waals surface area contributed by atoms with Crippen molar-refractivity contribution in [1.29, 1.82) is 5.26 Å². The minimum Gasteiger partial charge on any atom is -0.231 e. The lowest BCUT2D eigenvalue weighted by atomic mass is 10.4. The third kappa shape index (κ3) is 1.58. The Morgan fingerprint density at radius 3 is 2.91 bits per heavy atom. The Kier molecular flexibility index (Phi) is 2.25. The first kappa shape index (κ1) is 7.78. The number of aromatic nitrogens is 1. The standard InChI is InChI=1S/C8H6N2S/c1-3-7-6(2)11-8(10-7)4-5-9/h1H,4H2,2H3. The molecule has 1 aromatic rings. The Bertz CT molecular complexity index is 338. The molecule has 0 aliphatic rings. The van der Waals surface area contributed by atoms with E-state index in [-0.39, 0.29) is 0 Å². The summed E-state index contributed by atoms with van der Waals surface area (Å²) >= 11 is 1.49. The average Bonchev–Trinajstić information content (AvgIpc) is 2.32. The predicted octanol–water partition coefficient (Wildman–Crippen LogP) is 1.50. The van der Waals surface area contributed by atoms with Crippen LogP contribution in [0.4, 0.5) is 0 Å². The molecule has 0 saturated carbocycles. The molecule has 54 valence electrons. The van der Waals surface area contributed by atoms with Crippen LogP contribution in [0.25, 0.3) is 0 Å². The van der Waals surface area contributed by atoms with Gasteiger partial charge in [0.25, 0.3) is 0 Å². The molecule has 1 rings (SSSR count). The zero-order valence-electron chi connectivity index (χ0n) is 6.09. The highest BCUT2D eigenvalue weighted by atomic mass is 32.1. The van der Waals surface area contributed by atoms with Crippen LogP contribution in [0.3, 0.4) is 0 Å². The van der Waals surface area contributed by atoms with Gasteiger partial charge < -0.3 is 0 Å². The van der Waals surface area contributed by atoms with E-state index < -0.39 is 0 Å². The van der Waals surface area contributed by atoms with Crippen molar-refractivity contribution in [3.8, 4) is 18.4 Å². The van der Waals surface area contributed by atoms with Crippen molar-refractivity contribution in [1.82, 2.24) is 4.98 Å². The molecule has 0 bridgehead atoms. The summed E-state index contributed by atoms with van der Waals surface area (Å²) in [6.07, 6.45) is 5.53. The van der Waals surface area contributed by atoms with Gasteiger partial charge >= 0.3 is 0 Å². The molecule has 0 fully saturated rings. The van der Waals surface area contributed by atoms with E-state index in [0.717, 1.165) is 9.88 Å². The van der Waals surface area contributed by atoms with Crippen LogP contribution in [0, 0.1) is 30.6 Å². The smallest absolute Gasteiger partial charge is 0.127 e. The van der Waals surface area contributed by atoms with Crippen molar-refractivity contribution in [3.63, 3.8) is 0 Å². The second-order valence-corrected chi connectivity index (χ2v) is 3.28. The maximum Gasteiger partial charge on any atom is 0.127 e. The summed E-state index contributed by atoms with van der Waals surface area (Å²) in [5.74, 6) is 2.46. The zero-order chi connectivity index (χ0) is 8.27. The zero-order valence-corrected chi connectivity index (χ0v) is 6.90. The van der Waals surface area contributed by atoms with Gasteiger partial charge in [0, 0.05) is 4.88 Å². The highest BCUT2D eigenvalue weighted by Gasteiger charge is 2.03. The van der Waals surface area contributed by atoms with Gasteiger partial charge in [0.05, 0.1) is 12.5 Å². The van der Waals surface area contributed by atoms with Crippen molar-refractivity contribution in [2.75, 3.05) is 0 Å². The third-order valence-electron chi connectivity index (χ3n) is 1.21. The molecule has 2 nitrogen and oxygen atoms in total. The van der Waals surface area contributed by atoms with Gasteiger partial charge in [0.2, 0.25) is 0 Å². The van der Waals surface area contributed by atoms with Crippen molar-refractivity contribution in [2.24, 2.45) is 0 Å². The molecule has 0 saturated heterocycles. The molecular weight excluding hydrogens is 156 g/mol. The molecule has 0 spiro atoms. The number of nitriles is 1. The Morgan fingerprint density at radius 2 is 2.45 bits per heavy atom. The average molecular weight is 162 g/mol. The van der Waals surface area contributed by atoms with Crippen molar-refractivity contribution in [2.45, 2.75) is 13.3 Å². The molecule has 0 radical (unpaired) electrons. The molecule has 0 N–H and O–H groups in total. The SMILES string of the molecule is C#Cc1nc(CC#N)sc1C. The lowest BCUT2D eigenvalue weighted by molar-refractivity contribution is 1.17. The van der Waals surface area contributed by atoms with E-state index in [4.69, 9.17) is 11.7 Å². The fourth-order valence-corrected chi connectivity index (χ4v) is 1.56. The van der Waals surface area contributed by atoms with Gasteiger partial charge in [0.1, 0.15) is 10.7 Å². The molecule has 0 unspecified atom stereocenters. The monoisotopic (exact) mass is 162 g/mol. The largest absolute Gasteiger partial charge is 0.231 e. The number of nitrogens with zero attached hydrogens (tertiary/aromatic N) is 2. The first-order valence-corrected chi connectivity index (χ1v) is 3.89. The molecule has 1 heterocycles. The summed E-state index contributed by atoms with van der Waals surface area (Å²) in [6.45, 7) is 1.91. The fraction of sp³-hybridized carbons (Fsp3) is 0.250. The molecule has 3 heteroatoms. The molecule has 1 aromatic heterocycles. The first-order valence-electron chi connectivity index (χ1n) is 3.07. The van der Waals surface area contributed by atoms with Crippen LogP contribution in [-0.2, 0) is 6.42 Å². The number of rotatable bonds is 1. The van der Waals surface area contributed by atoms with Gasteiger partial charge in [-0.05, 0) is 12.8 Å². The van der Waals surface area contributed by atoms with Crippen LogP contribution in [0.1, 0.15) is 15.6 Å². The van der Waals surface area contributed by atoms with Crippen LogP contribution >= 0.6 is 11.3 Å². The Labute approximate surface area is 69.5 Å². The van der Waals surface area contributed by atoms with Gasteiger partial charge in [-0.2, -0.15) is 5.26 Å².